The predicted molar refractivity (Wildman–Crippen MR) is 68.3 cm³/mol. The quantitative estimate of drug-likeness (QED) is 0.738. The van der Waals surface area contributed by atoms with Gasteiger partial charge in [0.25, 0.3) is 0 Å². The van der Waals surface area contributed by atoms with Crippen molar-refractivity contribution < 1.29 is 13.2 Å². The van der Waals surface area contributed by atoms with Gasteiger partial charge in [0, 0.05) is 19.0 Å². The molecule has 6 heteroatoms. The Hall–Kier alpha value is -0.450. The summed E-state index contributed by atoms with van der Waals surface area (Å²) in [6, 6.07) is 4.92. The van der Waals surface area contributed by atoms with E-state index in [2.05, 4.69) is 0 Å². The van der Waals surface area contributed by atoms with Crippen LogP contribution < -0.4 is 0 Å². The van der Waals surface area contributed by atoms with Gasteiger partial charge in [0.05, 0.1) is 10.9 Å². The molecule has 1 aromatic rings. The molecular formula is C12H14Cl2F3N. The summed E-state index contributed by atoms with van der Waals surface area (Å²) in [6.07, 6.45) is -4.31. The Morgan fingerprint density at radius 1 is 1.22 bits per heavy atom. The van der Waals surface area contributed by atoms with Gasteiger partial charge in [-0.05, 0) is 24.7 Å². The van der Waals surface area contributed by atoms with Gasteiger partial charge in [-0.2, -0.15) is 13.2 Å². The normalized spacial score (nSPS) is 13.9. The number of alkyl halides is 5. The first-order valence-corrected chi connectivity index (χ1v) is 6.37. The second-order valence-corrected chi connectivity index (χ2v) is 4.94. The van der Waals surface area contributed by atoms with Gasteiger partial charge in [0.1, 0.15) is 0 Å². The lowest BCUT2D eigenvalue weighted by atomic mass is 10.1. The van der Waals surface area contributed by atoms with Crippen LogP contribution in [0, 0.1) is 0 Å². The summed E-state index contributed by atoms with van der Waals surface area (Å²) >= 11 is 11.7. The summed E-state index contributed by atoms with van der Waals surface area (Å²) in [5.41, 5.74) is 0.00955. The Balaban J connectivity index is 2.67. The molecule has 0 heterocycles. The van der Waals surface area contributed by atoms with Crippen molar-refractivity contribution in [1.29, 1.82) is 0 Å². The molecule has 0 bridgehead atoms. The second-order valence-electron chi connectivity index (χ2n) is 4.04. The standard InChI is InChI=1S/C12H14Cl2F3N/c1-18(7-6-13)8-11(14)9-2-4-10(5-3-9)12(15,16)17/h2-5,11H,6-8H2,1H3. The van der Waals surface area contributed by atoms with E-state index >= 15 is 0 Å². The fraction of sp³-hybridized carbons (Fsp3) is 0.500. The Bertz CT molecular complexity index is 365. The number of benzene rings is 1. The molecule has 1 rings (SSSR count). The molecule has 0 spiro atoms. The third kappa shape index (κ3) is 4.67. The maximum absolute atomic E-state index is 12.4. The molecule has 0 aliphatic heterocycles. The molecule has 0 aromatic heterocycles. The van der Waals surface area contributed by atoms with Crippen LogP contribution in [-0.4, -0.2) is 30.9 Å². The zero-order chi connectivity index (χ0) is 13.8. The summed E-state index contributed by atoms with van der Waals surface area (Å²) in [6.45, 7) is 1.23. The van der Waals surface area contributed by atoms with Crippen molar-refractivity contribution in [2.45, 2.75) is 11.6 Å². The summed E-state index contributed by atoms with van der Waals surface area (Å²) in [5, 5.41) is -0.347. The van der Waals surface area contributed by atoms with E-state index in [9.17, 15) is 13.2 Å². The average Bonchev–Trinajstić information content (AvgIpc) is 2.28. The maximum atomic E-state index is 12.4. The fourth-order valence-corrected chi connectivity index (χ4v) is 2.17. The van der Waals surface area contributed by atoms with Gasteiger partial charge in [-0.3, -0.25) is 0 Å². The number of likely N-dealkylation sites (N-methyl/N-ethyl adjacent to an activating group) is 1. The minimum atomic E-state index is -4.31. The lowest BCUT2D eigenvalue weighted by Crippen LogP contribution is -2.24. The van der Waals surface area contributed by atoms with Crippen molar-refractivity contribution in [1.82, 2.24) is 4.90 Å². The molecule has 0 aliphatic rings. The van der Waals surface area contributed by atoms with E-state index in [1.54, 1.807) is 0 Å². The van der Waals surface area contributed by atoms with Crippen molar-refractivity contribution in [2.75, 3.05) is 26.0 Å². The fourth-order valence-electron chi connectivity index (χ4n) is 1.50. The zero-order valence-corrected chi connectivity index (χ0v) is 11.4. The van der Waals surface area contributed by atoms with Crippen molar-refractivity contribution in [2.24, 2.45) is 0 Å². The van der Waals surface area contributed by atoms with Crippen LogP contribution in [0.15, 0.2) is 24.3 Å². The summed E-state index contributed by atoms with van der Waals surface area (Å²) < 4.78 is 37.1. The van der Waals surface area contributed by atoms with Gasteiger partial charge in [0.15, 0.2) is 0 Å². The molecule has 18 heavy (non-hydrogen) atoms. The minimum Gasteiger partial charge on any atom is -0.303 e. The predicted octanol–water partition coefficient (Wildman–Crippen LogP) is 4.16. The Kier molecular flexibility index (Phi) is 5.76. The first-order chi connectivity index (χ1) is 8.34. The second kappa shape index (κ2) is 6.64. The highest BCUT2D eigenvalue weighted by Crippen LogP contribution is 2.31. The molecule has 0 saturated heterocycles. The molecule has 0 fully saturated rings. The Morgan fingerprint density at radius 2 is 1.78 bits per heavy atom. The smallest absolute Gasteiger partial charge is 0.303 e. The third-order valence-corrected chi connectivity index (χ3v) is 3.10. The van der Waals surface area contributed by atoms with E-state index in [1.165, 1.54) is 12.1 Å². The summed E-state index contributed by atoms with van der Waals surface area (Å²) in [4.78, 5) is 1.93. The van der Waals surface area contributed by atoms with Crippen LogP contribution in [0.5, 0.6) is 0 Å². The molecule has 0 aliphatic carbocycles. The summed E-state index contributed by atoms with van der Waals surface area (Å²) in [7, 11) is 1.86. The number of hydrogen-bond donors (Lipinski definition) is 0. The van der Waals surface area contributed by atoms with E-state index in [0.717, 1.165) is 12.1 Å². The number of hydrogen-bond acceptors (Lipinski definition) is 1. The molecular weight excluding hydrogens is 286 g/mol. The lowest BCUT2D eigenvalue weighted by molar-refractivity contribution is -0.137. The van der Waals surface area contributed by atoms with Crippen molar-refractivity contribution in [3.8, 4) is 0 Å². The average molecular weight is 300 g/mol. The van der Waals surface area contributed by atoms with Gasteiger partial charge in [-0.15, -0.1) is 23.2 Å². The van der Waals surface area contributed by atoms with Crippen LogP contribution >= 0.6 is 23.2 Å². The molecule has 1 nitrogen and oxygen atoms in total. The number of nitrogens with zero attached hydrogens (tertiary/aromatic N) is 1. The van der Waals surface area contributed by atoms with Crippen LogP contribution in [0.25, 0.3) is 0 Å². The van der Waals surface area contributed by atoms with E-state index in [0.29, 0.717) is 24.5 Å². The van der Waals surface area contributed by atoms with Crippen LogP contribution in [0.2, 0.25) is 0 Å². The van der Waals surface area contributed by atoms with Gasteiger partial charge < -0.3 is 4.90 Å². The largest absolute Gasteiger partial charge is 0.416 e. The number of rotatable bonds is 5. The highest BCUT2D eigenvalue weighted by atomic mass is 35.5. The first kappa shape index (κ1) is 15.6. The van der Waals surface area contributed by atoms with Crippen molar-refractivity contribution in [3.63, 3.8) is 0 Å². The van der Waals surface area contributed by atoms with Crippen LogP contribution in [0.4, 0.5) is 13.2 Å². The lowest BCUT2D eigenvalue weighted by Gasteiger charge is -2.19. The number of halogens is 5. The van der Waals surface area contributed by atoms with Gasteiger partial charge in [0.2, 0.25) is 0 Å². The van der Waals surface area contributed by atoms with Crippen molar-refractivity contribution in [3.05, 3.63) is 35.4 Å². The van der Waals surface area contributed by atoms with E-state index < -0.39 is 11.7 Å². The maximum Gasteiger partial charge on any atom is 0.416 e. The minimum absolute atomic E-state index is 0.347. The van der Waals surface area contributed by atoms with Crippen LogP contribution in [0.3, 0.4) is 0 Å². The van der Waals surface area contributed by atoms with Gasteiger partial charge in [-0.1, -0.05) is 12.1 Å². The molecule has 0 saturated carbocycles. The molecule has 0 N–H and O–H groups in total. The zero-order valence-electron chi connectivity index (χ0n) is 9.85. The highest BCUT2D eigenvalue weighted by molar-refractivity contribution is 6.21. The summed E-state index contributed by atoms with van der Waals surface area (Å²) in [5.74, 6) is 0.493. The van der Waals surface area contributed by atoms with E-state index in [1.807, 2.05) is 11.9 Å². The highest BCUT2D eigenvalue weighted by Gasteiger charge is 2.30. The van der Waals surface area contributed by atoms with E-state index in [-0.39, 0.29) is 5.38 Å². The first-order valence-electron chi connectivity index (χ1n) is 5.40. The van der Waals surface area contributed by atoms with E-state index in [4.69, 9.17) is 23.2 Å². The van der Waals surface area contributed by atoms with Crippen LogP contribution in [-0.2, 0) is 6.18 Å². The Morgan fingerprint density at radius 3 is 2.22 bits per heavy atom. The third-order valence-electron chi connectivity index (χ3n) is 2.54. The Labute approximate surface area is 114 Å². The van der Waals surface area contributed by atoms with Gasteiger partial charge in [-0.25, -0.2) is 0 Å². The molecule has 1 unspecified atom stereocenters. The topological polar surface area (TPSA) is 3.24 Å². The van der Waals surface area contributed by atoms with Crippen molar-refractivity contribution >= 4 is 23.2 Å². The van der Waals surface area contributed by atoms with Gasteiger partial charge >= 0.3 is 6.18 Å². The molecule has 1 aromatic carbocycles. The van der Waals surface area contributed by atoms with Crippen LogP contribution in [0.1, 0.15) is 16.5 Å². The molecule has 102 valence electrons. The molecule has 0 radical (unpaired) electrons. The molecule has 1 atom stereocenters. The SMILES string of the molecule is CN(CCCl)CC(Cl)c1ccc(C(F)(F)F)cc1. The molecule has 0 amide bonds. The monoisotopic (exact) mass is 299 g/mol.